The van der Waals surface area contributed by atoms with Gasteiger partial charge in [0.2, 0.25) is 5.91 Å². The van der Waals surface area contributed by atoms with Gasteiger partial charge in [-0.25, -0.2) is 4.68 Å². The SMILES string of the molecule is CCOCCCNC(=O)C(C)n1cc([N+](=O)[O-])c(OC)n1. The molecule has 0 aliphatic rings. The number of rotatable bonds is 9. The van der Waals surface area contributed by atoms with E-state index in [1.54, 1.807) is 6.92 Å². The fourth-order valence-corrected chi connectivity index (χ4v) is 1.63. The van der Waals surface area contributed by atoms with Gasteiger partial charge < -0.3 is 14.8 Å². The first-order valence-electron chi connectivity index (χ1n) is 6.64. The minimum absolute atomic E-state index is 0.115. The molecule has 0 aliphatic heterocycles. The summed E-state index contributed by atoms with van der Waals surface area (Å²) in [5.74, 6) is -0.387. The van der Waals surface area contributed by atoms with E-state index in [4.69, 9.17) is 9.47 Å². The van der Waals surface area contributed by atoms with Crippen LogP contribution in [0.4, 0.5) is 5.69 Å². The number of nitro groups is 1. The van der Waals surface area contributed by atoms with E-state index in [0.717, 1.165) is 0 Å². The van der Waals surface area contributed by atoms with Crippen LogP contribution in [0.15, 0.2) is 6.20 Å². The van der Waals surface area contributed by atoms with Crippen LogP contribution in [0.1, 0.15) is 26.3 Å². The second-order valence-corrected chi connectivity index (χ2v) is 4.28. The fraction of sp³-hybridized carbons (Fsp3) is 0.667. The molecule has 1 N–H and O–H groups in total. The van der Waals surface area contributed by atoms with E-state index >= 15 is 0 Å². The van der Waals surface area contributed by atoms with Crippen molar-refractivity contribution < 1.29 is 19.2 Å². The number of amides is 1. The number of hydrogen-bond donors (Lipinski definition) is 1. The molecule has 0 radical (unpaired) electrons. The van der Waals surface area contributed by atoms with Crippen LogP contribution in [0.5, 0.6) is 5.88 Å². The molecule has 1 aromatic rings. The van der Waals surface area contributed by atoms with Crippen LogP contribution in [0, 0.1) is 10.1 Å². The van der Waals surface area contributed by atoms with E-state index in [-0.39, 0.29) is 17.5 Å². The molecule has 0 saturated carbocycles. The van der Waals surface area contributed by atoms with Crippen molar-refractivity contribution in [2.24, 2.45) is 0 Å². The first-order chi connectivity index (χ1) is 10.0. The van der Waals surface area contributed by atoms with Crippen molar-refractivity contribution in [3.63, 3.8) is 0 Å². The summed E-state index contributed by atoms with van der Waals surface area (Å²) in [5, 5.41) is 17.4. The van der Waals surface area contributed by atoms with E-state index in [2.05, 4.69) is 10.4 Å². The third-order valence-electron chi connectivity index (χ3n) is 2.82. The van der Waals surface area contributed by atoms with Crippen LogP contribution < -0.4 is 10.1 Å². The topological polar surface area (TPSA) is 109 Å². The highest BCUT2D eigenvalue weighted by molar-refractivity contribution is 5.79. The van der Waals surface area contributed by atoms with Gasteiger partial charge in [0.25, 0.3) is 0 Å². The van der Waals surface area contributed by atoms with Crippen molar-refractivity contribution in [2.45, 2.75) is 26.3 Å². The van der Waals surface area contributed by atoms with Crippen molar-refractivity contribution in [3.05, 3.63) is 16.3 Å². The van der Waals surface area contributed by atoms with E-state index < -0.39 is 11.0 Å². The van der Waals surface area contributed by atoms with Crippen LogP contribution in [0.2, 0.25) is 0 Å². The predicted molar refractivity (Wildman–Crippen MR) is 74.3 cm³/mol. The highest BCUT2D eigenvalue weighted by Gasteiger charge is 2.24. The largest absolute Gasteiger partial charge is 0.475 e. The fourth-order valence-electron chi connectivity index (χ4n) is 1.63. The van der Waals surface area contributed by atoms with Crippen molar-refractivity contribution in [2.75, 3.05) is 26.9 Å². The Morgan fingerprint density at radius 2 is 2.33 bits per heavy atom. The molecule has 1 heterocycles. The molecule has 1 atom stereocenters. The van der Waals surface area contributed by atoms with Crippen LogP contribution >= 0.6 is 0 Å². The Bertz CT molecular complexity index is 488. The van der Waals surface area contributed by atoms with Crippen LogP contribution in [-0.4, -0.2) is 47.5 Å². The minimum Gasteiger partial charge on any atom is -0.475 e. The van der Waals surface area contributed by atoms with Gasteiger partial charge in [0.05, 0.1) is 12.0 Å². The van der Waals surface area contributed by atoms with E-state index in [9.17, 15) is 14.9 Å². The number of hydrogen-bond acceptors (Lipinski definition) is 6. The average Bonchev–Trinajstić information content (AvgIpc) is 2.90. The number of aromatic nitrogens is 2. The van der Waals surface area contributed by atoms with Gasteiger partial charge in [-0.15, -0.1) is 5.10 Å². The molecule has 1 rings (SSSR count). The van der Waals surface area contributed by atoms with Gasteiger partial charge in [-0.05, 0) is 20.3 Å². The van der Waals surface area contributed by atoms with Crippen molar-refractivity contribution in [3.8, 4) is 5.88 Å². The summed E-state index contributed by atoms with van der Waals surface area (Å²) >= 11 is 0. The maximum Gasteiger partial charge on any atom is 0.350 e. The van der Waals surface area contributed by atoms with E-state index in [1.807, 2.05) is 6.92 Å². The molecule has 0 bridgehead atoms. The van der Waals surface area contributed by atoms with Gasteiger partial charge in [0.15, 0.2) is 0 Å². The van der Waals surface area contributed by atoms with Gasteiger partial charge in [-0.3, -0.25) is 14.9 Å². The lowest BCUT2D eigenvalue weighted by Crippen LogP contribution is -2.32. The Balaban J connectivity index is 2.59. The van der Waals surface area contributed by atoms with Crippen LogP contribution in [0.25, 0.3) is 0 Å². The molecule has 1 unspecified atom stereocenters. The third-order valence-corrected chi connectivity index (χ3v) is 2.82. The number of nitrogens with one attached hydrogen (secondary N) is 1. The minimum atomic E-state index is -0.667. The third kappa shape index (κ3) is 4.71. The van der Waals surface area contributed by atoms with Gasteiger partial charge in [-0.1, -0.05) is 0 Å². The monoisotopic (exact) mass is 300 g/mol. The first-order valence-corrected chi connectivity index (χ1v) is 6.64. The summed E-state index contributed by atoms with van der Waals surface area (Å²) in [6.45, 7) is 5.20. The molecular weight excluding hydrogens is 280 g/mol. The molecule has 0 saturated heterocycles. The van der Waals surface area contributed by atoms with E-state index in [1.165, 1.54) is 18.0 Å². The molecule has 118 valence electrons. The summed E-state index contributed by atoms with van der Waals surface area (Å²) in [7, 11) is 1.29. The van der Waals surface area contributed by atoms with Gasteiger partial charge >= 0.3 is 11.6 Å². The Morgan fingerprint density at radius 3 is 2.86 bits per heavy atom. The predicted octanol–water partition coefficient (Wildman–Crippen LogP) is 0.904. The molecule has 1 amide bonds. The number of ether oxygens (including phenoxy) is 2. The van der Waals surface area contributed by atoms with Gasteiger partial charge in [-0.2, -0.15) is 0 Å². The summed E-state index contributed by atoms with van der Waals surface area (Å²) < 4.78 is 11.2. The molecule has 0 aliphatic carbocycles. The lowest BCUT2D eigenvalue weighted by atomic mass is 10.3. The summed E-state index contributed by atoms with van der Waals surface area (Å²) in [6, 6.07) is -0.667. The molecule has 0 aromatic carbocycles. The van der Waals surface area contributed by atoms with Crippen molar-refractivity contribution in [1.29, 1.82) is 0 Å². The second kappa shape index (κ2) is 8.20. The standard InChI is InChI=1S/C12H20N4O5/c1-4-21-7-5-6-13-11(17)9(2)15-8-10(16(18)19)12(14-15)20-3/h8-9H,4-7H2,1-3H3,(H,13,17). The summed E-state index contributed by atoms with van der Waals surface area (Å²) in [6.07, 6.45) is 1.89. The number of carbonyl (C=O) groups excluding carboxylic acids is 1. The summed E-state index contributed by atoms with van der Waals surface area (Å²) in [5.41, 5.74) is -0.270. The molecule has 9 heteroatoms. The quantitative estimate of drug-likeness (QED) is 0.412. The van der Waals surface area contributed by atoms with Gasteiger partial charge in [0, 0.05) is 19.8 Å². The molecule has 0 fully saturated rings. The lowest BCUT2D eigenvalue weighted by Gasteiger charge is -2.12. The number of methoxy groups -OCH3 is 1. The van der Waals surface area contributed by atoms with Crippen LogP contribution in [0.3, 0.4) is 0 Å². The molecule has 9 nitrogen and oxygen atoms in total. The first kappa shape index (κ1) is 16.9. The highest BCUT2D eigenvalue weighted by Crippen LogP contribution is 2.25. The maximum absolute atomic E-state index is 11.9. The molecule has 21 heavy (non-hydrogen) atoms. The molecule has 0 spiro atoms. The smallest absolute Gasteiger partial charge is 0.350 e. The zero-order valence-electron chi connectivity index (χ0n) is 12.4. The molecular formula is C12H20N4O5. The second-order valence-electron chi connectivity index (χ2n) is 4.28. The summed E-state index contributed by atoms with van der Waals surface area (Å²) in [4.78, 5) is 22.1. The zero-order valence-corrected chi connectivity index (χ0v) is 12.4. The number of carbonyl (C=O) groups is 1. The highest BCUT2D eigenvalue weighted by atomic mass is 16.6. The molecule has 1 aromatic heterocycles. The Kier molecular flexibility index (Phi) is 6.60. The van der Waals surface area contributed by atoms with Crippen molar-refractivity contribution >= 4 is 11.6 Å². The maximum atomic E-state index is 11.9. The van der Waals surface area contributed by atoms with E-state index in [0.29, 0.717) is 26.2 Å². The Hall–Kier alpha value is -2.16. The zero-order chi connectivity index (χ0) is 15.8. The van der Waals surface area contributed by atoms with Crippen LogP contribution in [-0.2, 0) is 9.53 Å². The Labute approximate surface area is 122 Å². The Morgan fingerprint density at radius 1 is 1.62 bits per heavy atom. The number of nitrogens with zero attached hydrogens (tertiary/aromatic N) is 3. The average molecular weight is 300 g/mol. The normalized spacial score (nSPS) is 12.0. The lowest BCUT2D eigenvalue weighted by molar-refractivity contribution is -0.385. The van der Waals surface area contributed by atoms with Crippen molar-refractivity contribution in [1.82, 2.24) is 15.1 Å². The van der Waals surface area contributed by atoms with Gasteiger partial charge in [0.1, 0.15) is 12.2 Å².